The highest BCUT2D eigenvalue weighted by atomic mass is 32.2. The van der Waals surface area contributed by atoms with Crippen LogP contribution in [0.5, 0.6) is 0 Å². The Hall–Kier alpha value is -1.56. The van der Waals surface area contributed by atoms with Crippen molar-refractivity contribution in [3.05, 3.63) is 30.1 Å². The minimum atomic E-state index is -0.407. The average Bonchev–Trinajstić information content (AvgIpc) is 2.69. The van der Waals surface area contributed by atoms with Gasteiger partial charge in [-0.3, -0.25) is 14.5 Å². The Bertz CT molecular complexity index is 410. The summed E-state index contributed by atoms with van der Waals surface area (Å²) in [4.78, 5) is 23.3. The van der Waals surface area contributed by atoms with E-state index in [9.17, 15) is 14.0 Å². The standard InChI is InChI=1S/C10H9FN2O2S/c11-7-1-3-8(4-2-7)13(6-14)10-12-9(15)5-16-10/h1-4,6,10H,5H2,(H,12,15). The molecule has 0 saturated carbocycles. The van der Waals surface area contributed by atoms with Gasteiger partial charge in [0.05, 0.1) is 5.75 Å². The molecule has 1 aliphatic rings. The van der Waals surface area contributed by atoms with Gasteiger partial charge in [-0.25, -0.2) is 4.39 Å². The number of anilines is 1. The first-order valence-electron chi connectivity index (χ1n) is 4.61. The second-order valence-corrected chi connectivity index (χ2v) is 4.29. The van der Waals surface area contributed by atoms with Crippen molar-refractivity contribution < 1.29 is 14.0 Å². The molecule has 1 N–H and O–H groups in total. The summed E-state index contributed by atoms with van der Waals surface area (Å²) in [5.41, 5.74) is 0.145. The SMILES string of the molecule is O=CN(c1ccc(F)cc1)C1NC(=O)CS1. The van der Waals surface area contributed by atoms with E-state index >= 15 is 0 Å². The maximum atomic E-state index is 12.7. The largest absolute Gasteiger partial charge is 0.326 e. The van der Waals surface area contributed by atoms with Crippen LogP contribution in [0.3, 0.4) is 0 Å². The summed E-state index contributed by atoms with van der Waals surface area (Å²) in [6.07, 6.45) is 0.622. The predicted octanol–water partition coefficient (Wildman–Crippen LogP) is 0.935. The van der Waals surface area contributed by atoms with Crippen molar-refractivity contribution in [2.24, 2.45) is 0 Å². The number of nitrogens with one attached hydrogen (secondary N) is 1. The maximum absolute atomic E-state index is 12.7. The van der Waals surface area contributed by atoms with Crippen LogP contribution >= 0.6 is 11.8 Å². The molecule has 1 unspecified atom stereocenters. The van der Waals surface area contributed by atoms with Crippen LogP contribution in [0.15, 0.2) is 24.3 Å². The van der Waals surface area contributed by atoms with Crippen molar-refractivity contribution in [1.82, 2.24) is 5.32 Å². The Morgan fingerprint density at radius 3 is 2.62 bits per heavy atom. The minimum Gasteiger partial charge on any atom is -0.326 e. The molecule has 2 rings (SSSR count). The lowest BCUT2D eigenvalue weighted by molar-refractivity contribution is -0.118. The van der Waals surface area contributed by atoms with E-state index in [1.807, 2.05) is 0 Å². The molecule has 1 aromatic carbocycles. The Kier molecular flexibility index (Phi) is 3.09. The number of thioether (sulfide) groups is 1. The highest BCUT2D eigenvalue weighted by Gasteiger charge is 2.27. The van der Waals surface area contributed by atoms with Crippen LogP contribution in [0.25, 0.3) is 0 Å². The number of hydrogen-bond acceptors (Lipinski definition) is 3. The Balaban J connectivity index is 2.19. The number of rotatable bonds is 3. The van der Waals surface area contributed by atoms with Crippen LogP contribution in [0.4, 0.5) is 10.1 Å². The molecule has 6 heteroatoms. The van der Waals surface area contributed by atoms with Crippen molar-refractivity contribution in [1.29, 1.82) is 0 Å². The summed E-state index contributed by atoms with van der Waals surface area (Å²) in [5, 5.41) is 2.64. The van der Waals surface area contributed by atoms with Gasteiger partial charge in [0.25, 0.3) is 0 Å². The van der Waals surface area contributed by atoms with Crippen molar-refractivity contribution >= 4 is 29.8 Å². The third-order valence-electron chi connectivity index (χ3n) is 2.15. The maximum Gasteiger partial charge on any atom is 0.232 e. The van der Waals surface area contributed by atoms with Crippen molar-refractivity contribution in [2.75, 3.05) is 10.7 Å². The molecule has 4 nitrogen and oxygen atoms in total. The predicted molar refractivity (Wildman–Crippen MR) is 59.3 cm³/mol. The van der Waals surface area contributed by atoms with Crippen LogP contribution in [0.2, 0.25) is 0 Å². The van der Waals surface area contributed by atoms with E-state index in [1.165, 1.54) is 40.9 Å². The molecule has 1 saturated heterocycles. The lowest BCUT2D eigenvalue weighted by atomic mass is 10.3. The molecule has 0 aliphatic carbocycles. The quantitative estimate of drug-likeness (QED) is 0.800. The normalized spacial score (nSPS) is 19.3. The summed E-state index contributed by atoms with van der Waals surface area (Å²) in [7, 11) is 0. The Labute approximate surface area is 95.8 Å². The topological polar surface area (TPSA) is 49.4 Å². The van der Waals surface area contributed by atoms with Crippen LogP contribution in [-0.2, 0) is 9.59 Å². The first-order chi connectivity index (χ1) is 7.70. The third-order valence-corrected chi connectivity index (χ3v) is 3.24. The van der Waals surface area contributed by atoms with Gasteiger partial charge >= 0.3 is 0 Å². The van der Waals surface area contributed by atoms with Crippen LogP contribution in [-0.4, -0.2) is 23.6 Å². The van der Waals surface area contributed by atoms with Crippen LogP contribution < -0.4 is 10.2 Å². The minimum absolute atomic E-state index is 0.107. The zero-order valence-electron chi connectivity index (χ0n) is 8.22. The van der Waals surface area contributed by atoms with Gasteiger partial charge in [0, 0.05) is 5.69 Å². The molecule has 0 bridgehead atoms. The highest BCUT2D eigenvalue weighted by molar-refractivity contribution is 8.01. The molecular formula is C10H9FN2O2S. The lowest BCUT2D eigenvalue weighted by Gasteiger charge is -2.23. The zero-order chi connectivity index (χ0) is 11.5. The van der Waals surface area contributed by atoms with E-state index in [2.05, 4.69) is 5.32 Å². The highest BCUT2D eigenvalue weighted by Crippen LogP contribution is 2.24. The summed E-state index contributed by atoms with van der Waals surface area (Å²) in [6, 6.07) is 5.53. The molecule has 2 amide bonds. The van der Waals surface area contributed by atoms with E-state index in [0.29, 0.717) is 17.9 Å². The summed E-state index contributed by atoms with van der Waals surface area (Å²) in [5.74, 6) is -0.141. The molecular weight excluding hydrogens is 231 g/mol. The number of amides is 2. The zero-order valence-corrected chi connectivity index (χ0v) is 9.04. The van der Waals surface area contributed by atoms with E-state index in [0.717, 1.165) is 0 Å². The van der Waals surface area contributed by atoms with Crippen LogP contribution in [0.1, 0.15) is 0 Å². The number of carbonyl (C=O) groups excluding carboxylic acids is 2. The molecule has 0 radical (unpaired) electrons. The lowest BCUT2D eigenvalue weighted by Crippen LogP contribution is -2.40. The number of halogens is 1. The van der Waals surface area contributed by atoms with E-state index in [4.69, 9.17) is 0 Å². The molecule has 1 atom stereocenters. The van der Waals surface area contributed by atoms with E-state index in [1.54, 1.807) is 0 Å². The molecule has 1 aliphatic heterocycles. The summed E-state index contributed by atoms with van der Waals surface area (Å²) in [6.45, 7) is 0. The number of hydrogen-bond donors (Lipinski definition) is 1. The third kappa shape index (κ3) is 2.16. The van der Waals surface area contributed by atoms with Gasteiger partial charge in [-0.2, -0.15) is 0 Å². The second-order valence-electron chi connectivity index (χ2n) is 3.22. The van der Waals surface area contributed by atoms with Gasteiger partial charge in [0.15, 0.2) is 5.50 Å². The molecule has 16 heavy (non-hydrogen) atoms. The van der Waals surface area contributed by atoms with Crippen molar-refractivity contribution in [3.63, 3.8) is 0 Å². The van der Waals surface area contributed by atoms with Gasteiger partial charge in [-0.15, -0.1) is 11.8 Å². The van der Waals surface area contributed by atoms with Crippen molar-refractivity contribution in [3.8, 4) is 0 Å². The van der Waals surface area contributed by atoms with Gasteiger partial charge < -0.3 is 5.32 Å². The Morgan fingerprint density at radius 1 is 1.44 bits per heavy atom. The van der Waals surface area contributed by atoms with Gasteiger partial charge in [-0.05, 0) is 24.3 Å². The molecule has 1 heterocycles. The second kappa shape index (κ2) is 4.52. The molecule has 0 aromatic heterocycles. The number of nitrogens with zero attached hydrogens (tertiary/aromatic N) is 1. The fraction of sp³-hybridized carbons (Fsp3) is 0.200. The molecule has 1 fully saturated rings. The molecule has 0 spiro atoms. The fourth-order valence-corrected chi connectivity index (χ4v) is 2.33. The van der Waals surface area contributed by atoms with Gasteiger partial charge in [0.1, 0.15) is 5.82 Å². The average molecular weight is 240 g/mol. The number of carbonyl (C=O) groups is 2. The molecule has 84 valence electrons. The number of benzene rings is 1. The fourth-order valence-electron chi connectivity index (χ4n) is 1.39. The first-order valence-corrected chi connectivity index (χ1v) is 5.66. The van der Waals surface area contributed by atoms with Gasteiger partial charge in [0.2, 0.25) is 12.3 Å². The van der Waals surface area contributed by atoms with E-state index in [-0.39, 0.29) is 11.7 Å². The summed E-state index contributed by atoms with van der Waals surface area (Å²) < 4.78 is 12.7. The smallest absolute Gasteiger partial charge is 0.232 e. The Morgan fingerprint density at radius 2 is 2.12 bits per heavy atom. The molecule has 1 aromatic rings. The monoisotopic (exact) mass is 240 g/mol. The summed E-state index contributed by atoms with van der Waals surface area (Å²) >= 11 is 1.32. The van der Waals surface area contributed by atoms with E-state index < -0.39 is 5.50 Å². The van der Waals surface area contributed by atoms with Gasteiger partial charge in [-0.1, -0.05) is 0 Å². The first kappa shape index (κ1) is 10.9. The van der Waals surface area contributed by atoms with Crippen molar-refractivity contribution in [2.45, 2.75) is 5.50 Å². The van der Waals surface area contributed by atoms with Crippen LogP contribution in [0, 0.1) is 5.82 Å².